The summed E-state index contributed by atoms with van der Waals surface area (Å²) >= 11 is 1.36. The number of halogens is 2. The van der Waals surface area contributed by atoms with Crippen molar-refractivity contribution in [2.75, 3.05) is 159 Å². The topological polar surface area (TPSA) is 447 Å². The molecule has 5 N–H and O–H groups in total. The summed E-state index contributed by atoms with van der Waals surface area (Å²) in [5, 5.41) is 30.4. The third-order valence-electron chi connectivity index (χ3n) is 24.6. The van der Waals surface area contributed by atoms with Crippen LogP contribution < -0.4 is 25.6 Å². The predicted molar refractivity (Wildman–Crippen MR) is 453 cm³/mol. The zero-order valence-corrected chi connectivity index (χ0v) is 74.8. The van der Waals surface area contributed by atoms with Crippen LogP contribution in [0.5, 0.6) is 5.75 Å². The minimum absolute atomic E-state index is 0.00217. The fourth-order valence-electron chi connectivity index (χ4n) is 17.0. The zero-order chi connectivity index (χ0) is 94.0. The van der Waals surface area contributed by atoms with Crippen LogP contribution >= 0.6 is 11.3 Å². The number of likely N-dealkylation sites (N-methyl/N-ethyl adjacent to an activating group) is 10. The number of allylic oxidation sites excluding steroid dienone is 4. The lowest BCUT2D eigenvalue weighted by Crippen LogP contribution is -2.69. The lowest BCUT2D eigenvalue weighted by molar-refractivity contribution is -0.231. The largest absolute Gasteiger partial charge is 0.493 e. The fourth-order valence-corrected chi connectivity index (χ4v) is 18.0. The molecule has 4 aliphatic carbocycles. The van der Waals surface area contributed by atoms with Gasteiger partial charge in [-0.15, -0.1) is 11.3 Å². The highest BCUT2D eigenvalue weighted by molar-refractivity contribution is 7.12. The van der Waals surface area contributed by atoms with Crippen molar-refractivity contribution in [2.24, 2.45) is 22.7 Å². The molecular formula is C87H112F2N14O23S. The van der Waals surface area contributed by atoms with Gasteiger partial charge in [0.1, 0.15) is 36.0 Å². The molecule has 15 amide bonds. The van der Waals surface area contributed by atoms with E-state index in [0.29, 0.717) is 40.3 Å². The molecule has 4 fully saturated rings. The van der Waals surface area contributed by atoms with Gasteiger partial charge >= 0.3 is 0 Å². The predicted octanol–water partition coefficient (Wildman–Crippen LogP) is 0.515. The van der Waals surface area contributed by atoms with Crippen LogP contribution in [0.3, 0.4) is 0 Å². The van der Waals surface area contributed by atoms with E-state index in [1.54, 1.807) is 31.2 Å². The number of ether oxygens (including phenoxy) is 3. The van der Waals surface area contributed by atoms with Crippen molar-refractivity contribution in [3.05, 3.63) is 111 Å². The molecule has 3 aromatic rings. The Morgan fingerprint density at radius 1 is 0.614 bits per heavy atom. The van der Waals surface area contributed by atoms with E-state index >= 15 is 8.78 Å². The van der Waals surface area contributed by atoms with E-state index in [4.69, 9.17) is 14.2 Å². The summed E-state index contributed by atoms with van der Waals surface area (Å²) in [6, 6.07) is 10.4. The first kappa shape index (κ1) is 98.9. The molecule has 127 heavy (non-hydrogen) atoms. The Kier molecular flexibility index (Phi) is 32.1. The van der Waals surface area contributed by atoms with Crippen molar-refractivity contribution in [3.63, 3.8) is 0 Å². The van der Waals surface area contributed by atoms with Gasteiger partial charge in [0.05, 0.1) is 94.8 Å². The van der Waals surface area contributed by atoms with Crippen LogP contribution in [0.4, 0.5) is 20.2 Å². The van der Waals surface area contributed by atoms with Crippen LogP contribution in [0.1, 0.15) is 107 Å². The van der Waals surface area contributed by atoms with Crippen LogP contribution in [0.15, 0.2) is 84.5 Å². The number of ketones is 3. The van der Waals surface area contributed by atoms with E-state index in [0.717, 1.165) is 83.7 Å². The molecule has 0 radical (unpaired) electrons. The minimum atomic E-state index is -2.16. The van der Waals surface area contributed by atoms with Gasteiger partial charge in [-0.1, -0.05) is 30.7 Å². The monoisotopic (exact) mass is 1790 g/mol. The van der Waals surface area contributed by atoms with E-state index < -0.39 is 229 Å². The average molecular weight is 1790 g/mol. The summed E-state index contributed by atoms with van der Waals surface area (Å²) in [4.78, 5) is 247. The number of amides is 15. The van der Waals surface area contributed by atoms with E-state index in [-0.39, 0.29) is 81.1 Å². The normalized spacial score (nSPS) is 22.2. The number of carbonyl (C=O) groups excluding carboxylic acids is 18. The van der Waals surface area contributed by atoms with Crippen LogP contribution in [0.25, 0.3) is 0 Å². The van der Waals surface area contributed by atoms with Gasteiger partial charge in [-0.05, 0) is 126 Å². The lowest BCUT2D eigenvalue weighted by atomic mass is 9.44. The highest BCUT2D eigenvalue weighted by Crippen LogP contribution is 2.72. The molecule has 2 aliphatic heterocycles. The molecule has 40 heteroatoms. The average Bonchev–Trinajstić information content (AvgIpc) is 1.52. The summed E-state index contributed by atoms with van der Waals surface area (Å²) in [6.07, 6.45) is 3.26. The number of Topliss-reactive ketones (excluding diaryl/α,β-unsaturated/α-hetero) is 2. The molecule has 0 bridgehead atoms. The van der Waals surface area contributed by atoms with Gasteiger partial charge in [-0.25, -0.2) is 13.7 Å². The molecule has 688 valence electrons. The number of fused-ring (bicyclic) bond motifs is 7. The third kappa shape index (κ3) is 22.4. The molecular weight excluding hydrogens is 1680 g/mol. The number of nitrogens with zero attached hydrogens (tertiary/aromatic N) is 11. The summed E-state index contributed by atoms with van der Waals surface area (Å²) in [7, 11) is 13.2. The minimum Gasteiger partial charge on any atom is -0.493 e. The second kappa shape index (κ2) is 41.3. The van der Waals surface area contributed by atoms with Crippen LogP contribution in [-0.2, 0) is 109 Å². The Labute approximate surface area is 737 Å². The summed E-state index contributed by atoms with van der Waals surface area (Å²) in [6.45, 7) is 2.09. The Balaban J connectivity index is 0.679. The van der Waals surface area contributed by atoms with Gasteiger partial charge in [0, 0.05) is 135 Å². The van der Waals surface area contributed by atoms with Gasteiger partial charge in [-0.2, -0.15) is 0 Å². The number of carbonyl (C=O) groups is 18. The van der Waals surface area contributed by atoms with E-state index in [1.165, 1.54) is 115 Å². The Bertz CT molecular complexity index is 4940. The van der Waals surface area contributed by atoms with Crippen molar-refractivity contribution in [1.29, 1.82) is 0 Å². The number of thiophene rings is 1. The van der Waals surface area contributed by atoms with Crippen LogP contribution in [-0.4, -0.2) is 350 Å². The first-order valence-corrected chi connectivity index (χ1v) is 42.2. The lowest BCUT2D eigenvalue weighted by Gasteiger charge is -2.62. The fraction of sp³-hybridized carbons (Fsp3) is 0.540. The number of hydrogen-bond donors (Lipinski definition) is 5. The quantitative estimate of drug-likeness (QED) is 0.0384. The first-order chi connectivity index (χ1) is 59.6. The van der Waals surface area contributed by atoms with Gasteiger partial charge in [0.25, 0.3) is 11.8 Å². The van der Waals surface area contributed by atoms with E-state index in [1.807, 2.05) is 25.1 Å². The zero-order valence-electron chi connectivity index (χ0n) is 73.9. The summed E-state index contributed by atoms with van der Waals surface area (Å²) < 4.78 is 53.2. The SMILES string of the molecule is CC(=O)CN(C)C(=O)CN(C)C(=O)CN(C)C(=O)CN(C)C(=O)CN(C)C(=O)CN(C)C(=O)CN(C)C(=O)CN(C)C(=O)CN(C)C(=O)CN(C)C(=O)CCCOc1cc(N2C(=O)C=CC2=O)c(F)cc1CCC(=O)N[C@@H](C)C(=O)N[C@@H](C)C(=O)Nc1cccc(Cc2ccc([C@@H]3O[C@@H]4C[C@H]5[C@@H]6CCC7=CC(=O)C=C[C@]7(C)[C@@]6(F)[C@@H](O)C[C@]5(C)[C@]4(C(=O)CO)O3)s2)c1. The number of imide groups is 1. The number of aryl methyl sites for hydroxylation is 1. The summed E-state index contributed by atoms with van der Waals surface area (Å²) in [5.74, 6) is -13.4. The smallest absolute Gasteiger partial charge is 0.258 e. The standard InChI is InChI=1S/C87H112F2N14O23S/c1-50(105)39-93(6)72(113)41-95(8)74(115)43-97(10)76(117)45-99(12)78(119)47-101(14)80(121)48-102(15)79(120)46-100(13)77(118)44-98(11)75(116)42-96(9)73(114)40-94(7)69(110)20-17-31-124-63-37-62(103-70(111)27-28-71(103)112)61(88)34-54(63)21-26-68(109)90-51(2)81(122)91-52(3)82(123)92-56-19-16-18-53(32-56)33-58-23-25-64(127-58)83-125-67-36-60-59-24-22-55-35-57(106)29-30-84(55,4)86(59,89)65(107)38-85(60,5)87(67,126-83)66(108)49-104/h16,18-19,23,25,27-30,32,34-35,37,51-52,59-60,65,67,83,104,107H,17,20-22,24,26,31,33,36,38-49H2,1-15H3,(H,90,109)(H,91,122)(H,92,123)/t51-,52-,59-,60-,65-,67+,83+,84-,85-,86-,87+/m0/s1. The van der Waals surface area contributed by atoms with Gasteiger partial charge in [0.15, 0.2) is 29.1 Å². The highest BCUT2D eigenvalue weighted by Gasteiger charge is 2.79. The molecule has 6 aliphatic rings. The number of benzene rings is 2. The number of alkyl halides is 1. The molecule has 1 aromatic heterocycles. The van der Waals surface area contributed by atoms with Crippen LogP contribution in [0, 0.1) is 28.5 Å². The first-order valence-electron chi connectivity index (χ1n) is 41.3. The number of rotatable bonds is 39. The number of hydrogen-bond acceptors (Lipinski definition) is 24. The van der Waals surface area contributed by atoms with Gasteiger partial charge in [-0.3, -0.25) is 86.3 Å². The molecule has 0 unspecified atom stereocenters. The molecule has 3 heterocycles. The number of aliphatic hydroxyl groups is 2. The maximum Gasteiger partial charge on any atom is 0.258 e. The maximum atomic E-state index is 17.9. The number of nitrogens with one attached hydrogen (secondary N) is 3. The molecule has 11 atom stereocenters. The molecule has 37 nitrogen and oxygen atoms in total. The van der Waals surface area contributed by atoms with Gasteiger partial charge in [0.2, 0.25) is 76.8 Å². The van der Waals surface area contributed by atoms with E-state index in [9.17, 15) is 96.5 Å². The molecule has 3 saturated carbocycles. The Morgan fingerprint density at radius 3 is 1.60 bits per heavy atom. The van der Waals surface area contributed by atoms with Crippen molar-refractivity contribution in [2.45, 2.75) is 134 Å². The molecule has 1 saturated heterocycles. The number of anilines is 2. The Hall–Kier alpha value is -11.9. The molecule has 0 spiro atoms. The molecule has 2 aromatic carbocycles. The summed E-state index contributed by atoms with van der Waals surface area (Å²) in [5.41, 5.74) is -4.81. The van der Waals surface area contributed by atoms with Crippen molar-refractivity contribution >= 4 is 129 Å². The van der Waals surface area contributed by atoms with Crippen LogP contribution in [0.2, 0.25) is 0 Å². The second-order valence-electron chi connectivity index (χ2n) is 34.0. The number of aliphatic hydroxyl groups excluding tert-OH is 2. The third-order valence-corrected chi connectivity index (χ3v) is 25.7. The van der Waals surface area contributed by atoms with Crippen molar-refractivity contribution in [3.8, 4) is 5.75 Å². The van der Waals surface area contributed by atoms with Crippen molar-refractivity contribution < 1.29 is 120 Å². The van der Waals surface area contributed by atoms with Crippen molar-refractivity contribution in [1.82, 2.24) is 59.6 Å². The Morgan fingerprint density at radius 2 is 1.10 bits per heavy atom. The van der Waals surface area contributed by atoms with Gasteiger partial charge < -0.3 is 89.4 Å². The highest BCUT2D eigenvalue weighted by atomic mass is 32.1. The molecule has 9 rings (SSSR count). The maximum absolute atomic E-state index is 17.9. The second-order valence-corrected chi connectivity index (χ2v) is 35.2. The van der Waals surface area contributed by atoms with E-state index in [2.05, 4.69) is 16.0 Å².